The second-order valence-electron chi connectivity index (χ2n) is 7.25. The summed E-state index contributed by atoms with van der Waals surface area (Å²) >= 11 is 6.14. The van der Waals surface area contributed by atoms with Gasteiger partial charge in [0.2, 0.25) is 10.0 Å². The van der Waals surface area contributed by atoms with E-state index in [1.54, 1.807) is 0 Å². The van der Waals surface area contributed by atoms with Gasteiger partial charge in [-0.3, -0.25) is 4.79 Å². The number of carbonyl (C=O) groups excluding carboxylic acids is 1. The predicted octanol–water partition coefficient (Wildman–Crippen LogP) is 3.63. The maximum atomic E-state index is 12.8. The van der Waals surface area contributed by atoms with Gasteiger partial charge in [0.1, 0.15) is 17.3 Å². The zero-order chi connectivity index (χ0) is 21.0. The molecule has 156 valence electrons. The van der Waals surface area contributed by atoms with Gasteiger partial charge in [-0.15, -0.1) is 0 Å². The number of carbonyl (C=O) groups is 1. The van der Waals surface area contributed by atoms with Crippen molar-refractivity contribution in [3.8, 4) is 5.75 Å². The normalized spacial score (nSPS) is 15.8. The second kappa shape index (κ2) is 9.15. The van der Waals surface area contributed by atoms with E-state index in [1.165, 1.54) is 22.5 Å². The van der Waals surface area contributed by atoms with Gasteiger partial charge >= 0.3 is 0 Å². The number of aryl methyl sites for hydroxylation is 1. The smallest absolute Gasteiger partial charge is 0.251 e. The molecule has 0 unspecified atom stereocenters. The summed E-state index contributed by atoms with van der Waals surface area (Å²) in [4.78, 5) is 12.6. The first kappa shape index (κ1) is 21.6. The highest BCUT2D eigenvalue weighted by Gasteiger charge is 2.29. The van der Waals surface area contributed by atoms with E-state index < -0.39 is 10.0 Å². The van der Waals surface area contributed by atoms with Crippen molar-refractivity contribution in [3.63, 3.8) is 0 Å². The third-order valence-electron chi connectivity index (χ3n) is 4.77. The average molecular weight is 437 g/mol. The molecule has 0 saturated carbocycles. The Bertz CT molecular complexity index is 971. The molecule has 2 aromatic carbocycles. The molecular weight excluding hydrogens is 412 g/mol. The molecule has 29 heavy (non-hydrogen) atoms. The molecule has 1 saturated heterocycles. The minimum Gasteiger partial charge on any atom is -0.491 e. The summed E-state index contributed by atoms with van der Waals surface area (Å²) in [6.07, 6.45) is 1.66. The first-order valence-electron chi connectivity index (χ1n) is 9.57. The Morgan fingerprint density at radius 1 is 1.17 bits per heavy atom. The maximum Gasteiger partial charge on any atom is 0.251 e. The standard InChI is InChI=1S/C21H25ClN2O4S/c1-15-5-8-18(9-6-15)28-14-16(2)23-21(25)17-7-10-19(22)20(13-17)29(26,27)24-11-3-4-12-24/h5-10,13,16H,3-4,11-12,14H2,1-2H3,(H,23,25)/t16-/m1/s1. The monoisotopic (exact) mass is 436 g/mol. The Balaban J connectivity index is 1.66. The Labute approximate surface area is 176 Å². The molecule has 2 aromatic rings. The van der Waals surface area contributed by atoms with Gasteiger partial charge in [0.05, 0.1) is 11.1 Å². The van der Waals surface area contributed by atoms with Crippen LogP contribution in [0.5, 0.6) is 5.75 Å². The Morgan fingerprint density at radius 3 is 2.48 bits per heavy atom. The van der Waals surface area contributed by atoms with Gasteiger partial charge in [-0.1, -0.05) is 29.3 Å². The zero-order valence-corrected chi connectivity index (χ0v) is 18.1. The van der Waals surface area contributed by atoms with Crippen LogP contribution in [0.4, 0.5) is 0 Å². The Morgan fingerprint density at radius 2 is 1.83 bits per heavy atom. The van der Waals surface area contributed by atoms with Crippen LogP contribution >= 0.6 is 11.6 Å². The Hall–Kier alpha value is -2.09. The molecule has 3 rings (SSSR count). The van der Waals surface area contributed by atoms with Gasteiger partial charge < -0.3 is 10.1 Å². The number of sulfonamides is 1. The van der Waals surface area contributed by atoms with E-state index >= 15 is 0 Å². The average Bonchev–Trinajstić information content (AvgIpc) is 3.23. The molecule has 1 aliphatic heterocycles. The van der Waals surface area contributed by atoms with Crippen LogP contribution in [0.15, 0.2) is 47.4 Å². The summed E-state index contributed by atoms with van der Waals surface area (Å²) in [5.41, 5.74) is 1.38. The lowest BCUT2D eigenvalue weighted by Crippen LogP contribution is -2.37. The van der Waals surface area contributed by atoms with E-state index in [1.807, 2.05) is 38.1 Å². The minimum absolute atomic E-state index is 0.0303. The van der Waals surface area contributed by atoms with E-state index in [9.17, 15) is 13.2 Å². The number of halogens is 1. The van der Waals surface area contributed by atoms with Gasteiger partial charge in [-0.2, -0.15) is 4.31 Å². The van der Waals surface area contributed by atoms with Crippen LogP contribution < -0.4 is 10.1 Å². The van der Waals surface area contributed by atoms with E-state index in [-0.39, 0.29) is 27.4 Å². The zero-order valence-electron chi connectivity index (χ0n) is 16.5. The molecule has 1 atom stereocenters. The highest BCUT2D eigenvalue weighted by atomic mass is 35.5. The van der Waals surface area contributed by atoms with Crippen LogP contribution in [0, 0.1) is 6.92 Å². The molecule has 1 aliphatic rings. The lowest BCUT2D eigenvalue weighted by atomic mass is 10.2. The molecule has 1 amide bonds. The summed E-state index contributed by atoms with van der Waals surface area (Å²) in [7, 11) is -3.71. The summed E-state index contributed by atoms with van der Waals surface area (Å²) in [6, 6.07) is 11.7. The van der Waals surface area contributed by atoms with Crippen molar-refractivity contribution in [2.75, 3.05) is 19.7 Å². The van der Waals surface area contributed by atoms with Crippen LogP contribution in [0.1, 0.15) is 35.7 Å². The number of rotatable bonds is 7. The van der Waals surface area contributed by atoms with Crippen LogP contribution in [0.25, 0.3) is 0 Å². The molecule has 0 spiro atoms. The molecule has 0 bridgehead atoms. The van der Waals surface area contributed by atoms with Crippen molar-refractivity contribution in [3.05, 3.63) is 58.6 Å². The quantitative estimate of drug-likeness (QED) is 0.719. The number of hydrogen-bond acceptors (Lipinski definition) is 4. The molecule has 0 radical (unpaired) electrons. The molecule has 6 nitrogen and oxygen atoms in total. The molecule has 0 aromatic heterocycles. The third kappa shape index (κ3) is 5.29. The summed E-state index contributed by atoms with van der Waals surface area (Å²) in [5.74, 6) is 0.349. The largest absolute Gasteiger partial charge is 0.491 e. The lowest BCUT2D eigenvalue weighted by Gasteiger charge is -2.18. The lowest BCUT2D eigenvalue weighted by molar-refractivity contribution is 0.0926. The fourth-order valence-electron chi connectivity index (χ4n) is 3.11. The van der Waals surface area contributed by atoms with Crippen molar-refractivity contribution in [2.45, 2.75) is 37.6 Å². The van der Waals surface area contributed by atoms with Crippen LogP contribution in [0.2, 0.25) is 5.02 Å². The van der Waals surface area contributed by atoms with Crippen LogP contribution in [-0.2, 0) is 10.0 Å². The van der Waals surface area contributed by atoms with Crippen molar-refractivity contribution in [1.82, 2.24) is 9.62 Å². The maximum absolute atomic E-state index is 12.8. The summed E-state index contributed by atoms with van der Waals surface area (Å²) < 4.78 is 32.7. The molecule has 1 N–H and O–H groups in total. The van der Waals surface area contributed by atoms with Crippen molar-refractivity contribution in [1.29, 1.82) is 0 Å². The highest BCUT2D eigenvalue weighted by molar-refractivity contribution is 7.89. The molecular formula is C21H25ClN2O4S. The first-order chi connectivity index (χ1) is 13.8. The van der Waals surface area contributed by atoms with Gasteiger partial charge in [-0.25, -0.2) is 8.42 Å². The topological polar surface area (TPSA) is 75.7 Å². The molecule has 0 aliphatic carbocycles. The van der Waals surface area contributed by atoms with Gasteiger partial charge in [0.25, 0.3) is 5.91 Å². The Kier molecular flexibility index (Phi) is 6.82. The SMILES string of the molecule is Cc1ccc(OC[C@@H](C)NC(=O)c2ccc(Cl)c(S(=O)(=O)N3CCCC3)c2)cc1. The van der Waals surface area contributed by atoms with Crippen LogP contribution in [-0.4, -0.2) is 44.4 Å². The van der Waals surface area contributed by atoms with Gasteiger partial charge in [0.15, 0.2) is 0 Å². The number of amides is 1. The number of hydrogen-bond donors (Lipinski definition) is 1. The van der Waals surface area contributed by atoms with E-state index in [4.69, 9.17) is 16.3 Å². The molecule has 1 heterocycles. The van der Waals surface area contributed by atoms with E-state index in [0.717, 1.165) is 24.2 Å². The van der Waals surface area contributed by atoms with Crippen molar-refractivity contribution < 1.29 is 17.9 Å². The van der Waals surface area contributed by atoms with Gasteiger partial charge in [-0.05, 0) is 57.0 Å². The number of ether oxygens (including phenoxy) is 1. The minimum atomic E-state index is -3.71. The summed E-state index contributed by atoms with van der Waals surface area (Å²) in [5, 5.41) is 2.95. The number of nitrogens with zero attached hydrogens (tertiary/aromatic N) is 1. The highest BCUT2D eigenvalue weighted by Crippen LogP contribution is 2.28. The number of nitrogens with one attached hydrogen (secondary N) is 1. The van der Waals surface area contributed by atoms with Crippen LogP contribution in [0.3, 0.4) is 0 Å². The van der Waals surface area contributed by atoms with E-state index in [2.05, 4.69) is 5.32 Å². The third-order valence-corrected chi connectivity index (χ3v) is 7.15. The fraction of sp³-hybridized carbons (Fsp3) is 0.381. The first-order valence-corrected chi connectivity index (χ1v) is 11.4. The second-order valence-corrected chi connectivity index (χ2v) is 9.57. The van der Waals surface area contributed by atoms with Crippen molar-refractivity contribution >= 4 is 27.5 Å². The fourth-order valence-corrected chi connectivity index (χ4v) is 5.13. The van der Waals surface area contributed by atoms with Crippen molar-refractivity contribution in [2.24, 2.45) is 0 Å². The van der Waals surface area contributed by atoms with Gasteiger partial charge in [0, 0.05) is 18.7 Å². The van der Waals surface area contributed by atoms with E-state index in [0.29, 0.717) is 19.7 Å². The summed E-state index contributed by atoms with van der Waals surface area (Å²) in [6.45, 7) is 5.06. The predicted molar refractivity (Wildman–Crippen MR) is 113 cm³/mol. The molecule has 1 fully saturated rings. The molecule has 8 heteroatoms. The number of benzene rings is 2.